The number of fused-ring (bicyclic) bond motifs is 1. The molecule has 1 aliphatic carbocycles. The average Bonchev–Trinajstić information content (AvgIpc) is 3.44. The molecule has 3 heterocycles. The van der Waals surface area contributed by atoms with Crippen LogP contribution in [-0.2, 0) is 19.2 Å². The van der Waals surface area contributed by atoms with Crippen LogP contribution in [0.2, 0.25) is 0 Å². The monoisotopic (exact) mass is 546 g/mol. The normalized spacial score (nSPS) is 23.3. The van der Waals surface area contributed by atoms with E-state index in [9.17, 15) is 18.3 Å². The van der Waals surface area contributed by atoms with Crippen LogP contribution in [0.5, 0.6) is 5.75 Å². The van der Waals surface area contributed by atoms with E-state index < -0.39 is 22.5 Å². The Kier molecular flexibility index (Phi) is 7.25. The van der Waals surface area contributed by atoms with Gasteiger partial charge in [-0.25, -0.2) is 9.97 Å². The molecule has 0 amide bonds. The van der Waals surface area contributed by atoms with Crippen molar-refractivity contribution < 1.29 is 32.0 Å². The van der Waals surface area contributed by atoms with Gasteiger partial charge in [0.2, 0.25) is 5.78 Å². The van der Waals surface area contributed by atoms with Gasteiger partial charge in [-0.3, -0.25) is 8.98 Å². The fourth-order valence-electron chi connectivity index (χ4n) is 4.56. The molecule has 1 aromatic carbocycles. The summed E-state index contributed by atoms with van der Waals surface area (Å²) >= 11 is 1.36. The summed E-state index contributed by atoms with van der Waals surface area (Å²) in [7, 11) is -2.72. The molecule has 1 aliphatic heterocycles. The number of benzene rings is 1. The van der Waals surface area contributed by atoms with Crippen LogP contribution in [0.25, 0.3) is 0 Å². The lowest BCUT2D eigenvalue weighted by atomic mass is 9.99. The number of nitrogens with one attached hydrogen (secondary N) is 2. The topological polar surface area (TPSA) is 149 Å². The van der Waals surface area contributed by atoms with Gasteiger partial charge in [-0.2, -0.15) is 13.1 Å². The van der Waals surface area contributed by atoms with E-state index in [4.69, 9.17) is 13.7 Å². The molecular formula is C24H26N4O7S2. The zero-order chi connectivity index (χ0) is 26.2. The maximum absolute atomic E-state index is 13.6. The van der Waals surface area contributed by atoms with E-state index in [1.54, 1.807) is 0 Å². The first-order chi connectivity index (χ1) is 17.8. The molecule has 37 heavy (non-hydrogen) atoms. The van der Waals surface area contributed by atoms with E-state index in [1.165, 1.54) is 30.9 Å². The Balaban J connectivity index is 1.36. The number of aromatic nitrogens is 2. The highest BCUT2D eigenvalue weighted by atomic mass is 32.2. The average molecular weight is 547 g/mol. The van der Waals surface area contributed by atoms with Gasteiger partial charge in [0, 0.05) is 29.7 Å². The first kappa shape index (κ1) is 25.7. The highest BCUT2D eigenvalue weighted by Gasteiger charge is 2.37. The summed E-state index contributed by atoms with van der Waals surface area (Å²) in [5.41, 5.74) is 2.06. The molecule has 0 bridgehead atoms. The van der Waals surface area contributed by atoms with Crippen molar-refractivity contribution in [3.05, 3.63) is 69.3 Å². The first-order valence-electron chi connectivity index (χ1n) is 11.6. The quantitative estimate of drug-likeness (QED) is 0.359. The summed E-state index contributed by atoms with van der Waals surface area (Å²) < 4.78 is 42.1. The molecule has 4 atom stereocenters. The van der Waals surface area contributed by atoms with Crippen molar-refractivity contribution >= 4 is 33.2 Å². The van der Waals surface area contributed by atoms with Crippen LogP contribution >= 0.6 is 11.3 Å². The minimum atomic E-state index is -3.95. The van der Waals surface area contributed by atoms with Gasteiger partial charge in [0.05, 0.1) is 16.5 Å². The van der Waals surface area contributed by atoms with Crippen LogP contribution < -0.4 is 14.8 Å². The Bertz CT molecular complexity index is 1410. The van der Waals surface area contributed by atoms with Crippen LogP contribution in [0, 0.1) is 6.92 Å². The van der Waals surface area contributed by atoms with Crippen molar-refractivity contribution in [1.29, 1.82) is 0 Å². The number of carbonyl (C=O) groups excluding carboxylic acids is 1. The summed E-state index contributed by atoms with van der Waals surface area (Å²) in [6, 6.07) is 9.12. The molecule has 2 aromatic heterocycles. The Hall–Kier alpha value is -2.94. The molecule has 0 saturated heterocycles. The number of aryl methyl sites for hydroxylation is 1. The molecule has 5 rings (SSSR count). The Morgan fingerprint density at radius 3 is 2.86 bits per heavy atom. The first-order valence-corrected chi connectivity index (χ1v) is 13.8. The minimum absolute atomic E-state index is 0.119. The molecule has 0 radical (unpaired) electrons. The van der Waals surface area contributed by atoms with Gasteiger partial charge >= 0.3 is 10.3 Å². The lowest BCUT2D eigenvalue weighted by Crippen LogP contribution is -2.31. The Morgan fingerprint density at radius 2 is 2.05 bits per heavy atom. The Labute approximate surface area is 218 Å². The maximum atomic E-state index is 13.6. The molecule has 3 aromatic rings. The predicted molar refractivity (Wildman–Crippen MR) is 135 cm³/mol. The van der Waals surface area contributed by atoms with Crippen molar-refractivity contribution in [3.63, 3.8) is 0 Å². The number of carbonyl (C=O) groups is 1. The van der Waals surface area contributed by atoms with Gasteiger partial charge in [0.25, 0.3) is 0 Å². The number of nitrogens with zero attached hydrogens (tertiary/aromatic N) is 2. The number of anilines is 1. The molecule has 1 saturated carbocycles. The highest BCUT2D eigenvalue weighted by Crippen LogP contribution is 2.40. The number of aliphatic hydroxyl groups excluding tert-OH is 1. The van der Waals surface area contributed by atoms with Gasteiger partial charge in [-0.05, 0) is 37.5 Å². The number of para-hydroxylation sites is 1. The molecule has 0 spiro atoms. The van der Waals surface area contributed by atoms with Crippen LogP contribution in [0.1, 0.15) is 50.2 Å². The molecule has 3 N–H and O–H groups in total. The second-order valence-electron chi connectivity index (χ2n) is 8.76. The molecule has 196 valence electrons. The van der Waals surface area contributed by atoms with Crippen LogP contribution in [0.3, 0.4) is 0 Å². The van der Waals surface area contributed by atoms with Crippen molar-refractivity contribution in [3.8, 4) is 5.75 Å². The number of ketones is 1. The zero-order valence-corrected chi connectivity index (χ0v) is 21.7. The SMILES string of the molecule is CNS(=O)(=O)O[C@@H]1C[C@H](Nc2ncncc2C(=O)c2cc([C@@H]3OCOc4ccccc43)c(C)s2)C[C@@H]1O. The lowest BCUT2D eigenvalue weighted by Gasteiger charge is -2.26. The standard InChI is InChI=1S/C24H26N4O7S2/c1-13-16(23-15-5-3-4-6-19(15)33-12-34-23)9-21(36-13)22(30)17-10-26-11-27-24(17)28-14-7-18(29)20(8-14)35-37(31,32)25-2/h3-6,9-11,14,18,20,23,25,29H,7-8,12H2,1-2H3,(H,26,27,28)/t14-,18+,20-,23-/m1/s1. The molecule has 0 unspecified atom stereocenters. The summed E-state index contributed by atoms with van der Waals surface area (Å²) in [4.78, 5) is 23.3. The van der Waals surface area contributed by atoms with Crippen molar-refractivity contribution in [2.24, 2.45) is 0 Å². The summed E-state index contributed by atoms with van der Waals surface area (Å²) in [6.45, 7) is 2.06. The van der Waals surface area contributed by atoms with Gasteiger partial charge in [-0.1, -0.05) is 18.2 Å². The predicted octanol–water partition coefficient (Wildman–Crippen LogP) is 2.32. The smallest absolute Gasteiger partial charge is 0.335 e. The van der Waals surface area contributed by atoms with E-state index in [1.807, 2.05) is 37.3 Å². The third-order valence-corrected chi connectivity index (χ3v) is 8.45. The number of aliphatic hydroxyl groups is 1. The summed E-state index contributed by atoms with van der Waals surface area (Å²) in [6.07, 6.45) is 0.942. The van der Waals surface area contributed by atoms with Gasteiger partial charge in [0.1, 0.15) is 30.1 Å². The Morgan fingerprint density at radius 1 is 1.24 bits per heavy atom. The lowest BCUT2D eigenvalue weighted by molar-refractivity contribution is -0.0419. The molecule has 11 nitrogen and oxygen atoms in total. The van der Waals surface area contributed by atoms with E-state index in [0.717, 1.165) is 21.8 Å². The molecule has 1 fully saturated rings. The van der Waals surface area contributed by atoms with Crippen LogP contribution in [-0.4, -0.2) is 61.4 Å². The van der Waals surface area contributed by atoms with Gasteiger partial charge in [0.15, 0.2) is 6.79 Å². The zero-order valence-electron chi connectivity index (χ0n) is 20.1. The number of hydrogen-bond donors (Lipinski definition) is 3. The van der Waals surface area contributed by atoms with Gasteiger partial charge in [-0.15, -0.1) is 11.3 Å². The summed E-state index contributed by atoms with van der Waals surface area (Å²) in [5.74, 6) is 0.796. The van der Waals surface area contributed by atoms with E-state index in [0.29, 0.717) is 10.7 Å². The molecule has 13 heteroatoms. The fraction of sp³-hybridized carbons (Fsp3) is 0.375. The highest BCUT2D eigenvalue weighted by molar-refractivity contribution is 7.84. The third kappa shape index (κ3) is 5.37. The maximum Gasteiger partial charge on any atom is 0.335 e. The van der Waals surface area contributed by atoms with Gasteiger partial charge < -0.3 is 19.9 Å². The van der Waals surface area contributed by atoms with Crippen LogP contribution in [0.15, 0.2) is 42.9 Å². The van der Waals surface area contributed by atoms with Crippen LogP contribution in [0.4, 0.5) is 5.82 Å². The second kappa shape index (κ2) is 10.4. The number of thiophene rings is 1. The van der Waals surface area contributed by atoms with Crippen molar-refractivity contribution in [2.45, 2.75) is 44.1 Å². The minimum Gasteiger partial charge on any atom is -0.467 e. The third-order valence-electron chi connectivity index (χ3n) is 6.38. The molecular weight excluding hydrogens is 520 g/mol. The van der Waals surface area contributed by atoms with Crippen molar-refractivity contribution in [1.82, 2.24) is 14.7 Å². The fourth-order valence-corrected chi connectivity index (χ4v) is 6.19. The number of hydrogen-bond acceptors (Lipinski definition) is 11. The molecule has 2 aliphatic rings. The van der Waals surface area contributed by atoms with Crippen molar-refractivity contribution in [2.75, 3.05) is 19.2 Å². The second-order valence-corrected chi connectivity index (χ2v) is 11.5. The van der Waals surface area contributed by atoms with E-state index >= 15 is 0 Å². The number of ether oxygens (including phenoxy) is 2. The van der Waals surface area contributed by atoms with E-state index in [2.05, 4.69) is 20.0 Å². The number of rotatable bonds is 8. The summed E-state index contributed by atoms with van der Waals surface area (Å²) in [5, 5.41) is 13.5. The largest absolute Gasteiger partial charge is 0.467 e. The van der Waals surface area contributed by atoms with E-state index in [-0.39, 0.29) is 43.1 Å².